The Morgan fingerprint density at radius 2 is 1.79 bits per heavy atom. The van der Waals surface area contributed by atoms with Crippen molar-refractivity contribution in [2.45, 2.75) is 45.1 Å². The number of benzene rings is 1. The summed E-state index contributed by atoms with van der Waals surface area (Å²) in [6.45, 7) is 2.91. The predicted molar refractivity (Wildman–Crippen MR) is 85.1 cm³/mol. The van der Waals surface area contributed by atoms with Crippen molar-refractivity contribution in [3.8, 4) is 0 Å². The van der Waals surface area contributed by atoms with Gasteiger partial charge in [-0.25, -0.2) is 9.59 Å². The number of alkyl carbamates (subject to hydrolysis) is 1. The number of carboxylic acid groups (broad SMARTS) is 1. The lowest BCUT2D eigenvalue weighted by molar-refractivity contribution is -0.142. The molecule has 0 aliphatic carbocycles. The van der Waals surface area contributed by atoms with Crippen molar-refractivity contribution < 1.29 is 29.3 Å². The third-order valence-electron chi connectivity index (χ3n) is 3.27. The van der Waals surface area contributed by atoms with E-state index in [-0.39, 0.29) is 13.0 Å². The molecule has 0 saturated carbocycles. The molecule has 0 bridgehead atoms. The average molecular weight is 338 g/mol. The summed E-state index contributed by atoms with van der Waals surface area (Å²) in [5.41, 5.74) is 0.766. The van der Waals surface area contributed by atoms with Gasteiger partial charge in [0.2, 0.25) is 5.91 Å². The highest BCUT2D eigenvalue weighted by molar-refractivity contribution is 5.89. The summed E-state index contributed by atoms with van der Waals surface area (Å²) in [5, 5.41) is 23.1. The zero-order chi connectivity index (χ0) is 18.1. The first-order valence-electron chi connectivity index (χ1n) is 7.53. The van der Waals surface area contributed by atoms with Crippen LogP contribution in [-0.4, -0.2) is 46.4 Å². The molecular formula is C16H22N2O6. The van der Waals surface area contributed by atoms with E-state index in [1.54, 1.807) is 31.2 Å². The van der Waals surface area contributed by atoms with Gasteiger partial charge in [0.15, 0.2) is 0 Å². The number of amides is 2. The number of nitrogens with one attached hydrogen (secondary N) is 2. The van der Waals surface area contributed by atoms with Crippen molar-refractivity contribution in [2.75, 3.05) is 0 Å². The fourth-order valence-corrected chi connectivity index (χ4v) is 1.90. The molecule has 1 aromatic rings. The molecule has 1 aromatic carbocycles. The van der Waals surface area contributed by atoms with E-state index in [9.17, 15) is 19.5 Å². The van der Waals surface area contributed by atoms with Gasteiger partial charge in [-0.3, -0.25) is 4.79 Å². The Balaban J connectivity index is 2.59. The van der Waals surface area contributed by atoms with Crippen LogP contribution in [0.4, 0.5) is 4.79 Å². The lowest BCUT2D eigenvalue weighted by Gasteiger charge is -2.22. The van der Waals surface area contributed by atoms with Crippen LogP contribution in [0.1, 0.15) is 25.8 Å². The number of hydrogen-bond donors (Lipinski definition) is 4. The monoisotopic (exact) mass is 338 g/mol. The fourth-order valence-electron chi connectivity index (χ4n) is 1.90. The SMILES string of the molecule is CC[C@@H](NC(=O)[C@@H](NC(=O)OCc1ccccc1)[C@@H](C)O)C(=O)O. The van der Waals surface area contributed by atoms with Crippen LogP contribution in [0.3, 0.4) is 0 Å². The molecular weight excluding hydrogens is 316 g/mol. The van der Waals surface area contributed by atoms with Crippen LogP contribution in [0.15, 0.2) is 30.3 Å². The van der Waals surface area contributed by atoms with Crippen molar-refractivity contribution in [1.29, 1.82) is 0 Å². The Labute approximate surface area is 139 Å². The summed E-state index contributed by atoms with van der Waals surface area (Å²) in [6, 6.07) is 6.53. The fraction of sp³-hybridized carbons (Fsp3) is 0.438. The number of rotatable bonds is 8. The average Bonchev–Trinajstić information content (AvgIpc) is 2.55. The summed E-state index contributed by atoms with van der Waals surface area (Å²) in [6.07, 6.45) is -1.93. The molecule has 0 radical (unpaired) electrons. The van der Waals surface area contributed by atoms with Crippen LogP contribution in [0.5, 0.6) is 0 Å². The standard InChI is InChI=1S/C16H22N2O6/c1-3-12(15(21)22)17-14(20)13(10(2)19)18-16(23)24-9-11-7-5-4-6-8-11/h4-8,10,12-13,19H,3,9H2,1-2H3,(H,17,20)(H,18,23)(H,21,22)/t10-,12-,13+/m1/s1. The van der Waals surface area contributed by atoms with Crippen molar-refractivity contribution in [1.82, 2.24) is 10.6 Å². The molecule has 0 unspecified atom stereocenters. The number of hydrogen-bond acceptors (Lipinski definition) is 5. The Hall–Kier alpha value is -2.61. The molecule has 24 heavy (non-hydrogen) atoms. The summed E-state index contributed by atoms with van der Waals surface area (Å²) < 4.78 is 4.98. The highest BCUT2D eigenvalue weighted by Crippen LogP contribution is 2.02. The molecule has 8 nitrogen and oxygen atoms in total. The van der Waals surface area contributed by atoms with E-state index >= 15 is 0 Å². The highest BCUT2D eigenvalue weighted by Gasteiger charge is 2.29. The maximum atomic E-state index is 12.1. The number of aliphatic carboxylic acids is 1. The summed E-state index contributed by atoms with van der Waals surface area (Å²) in [7, 11) is 0. The summed E-state index contributed by atoms with van der Waals surface area (Å²) in [5.74, 6) is -1.99. The molecule has 0 aromatic heterocycles. The molecule has 0 heterocycles. The van der Waals surface area contributed by atoms with Crippen LogP contribution in [-0.2, 0) is 20.9 Å². The van der Waals surface area contributed by atoms with E-state index in [1.165, 1.54) is 6.92 Å². The second kappa shape index (κ2) is 9.51. The molecule has 0 saturated heterocycles. The lowest BCUT2D eigenvalue weighted by atomic mass is 10.1. The minimum atomic E-state index is -1.32. The van der Waals surface area contributed by atoms with Crippen LogP contribution < -0.4 is 10.6 Å². The van der Waals surface area contributed by atoms with Crippen LogP contribution in [0.2, 0.25) is 0 Å². The van der Waals surface area contributed by atoms with Crippen molar-refractivity contribution in [2.24, 2.45) is 0 Å². The van der Waals surface area contributed by atoms with Gasteiger partial charge in [-0.15, -0.1) is 0 Å². The Kier molecular flexibility index (Phi) is 7.70. The molecule has 4 N–H and O–H groups in total. The third kappa shape index (κ3) is 6.25. The normalized spacial score (nSPS) is 14.1. The molecule has 3 atom stereocenters. The number of aliphatic hydroxyl groups excluding tert-OH is 1. The number of aliphatic hydroxyl groups is 1. The van der Waals surface area contributed by atoms with Gasteiger partial charge >= 0.3 is 12.1 Å². The van der Waals surface area contributed by atoms with Gasteiger partial charge in [0, 0.05) is 0 Å². The van der Waals surface area contributed by atoms with E-state index in [2.05, 4.69) is 10.6 Å². The smallest absolute Gasteiger partial charge is 0.408 e. The first-order valence-corrected chi connectivity index (χ1v) is 7.53. The molecule has 132 valence electrons. The zero-order valence-corrected chi connectivity index (χ0v) is 13.6. The second-order valence-corrected chi connectivity index (χ2v) is 5.23. The van der Waals surface area contributed by atoms with E-state index in [0.717, 1.165) is 5.56 Å². The van der Waals surface area contributed by atoms with Crippen LogP contribution in [0.25, 0.3) is 0 Å². The number of carbonyl (C=O) groups excluding carboxylic acids is 2. The van der Waals surface area contributed by atoms with Crippen molar-refractivity contribution in [3.63, 3.8) is 0 Å². The van der Waals surface area contributed by atoms with Gasteiger partial charge in [-0.05, 0) is 18.9 Å². The van der Waals surface area contributed by atoms with Gasteiger partial charge < -0.3 is 25.6 Å². The van der Waals surface area contributed by atoms with Crippen molar-refractivity contribution in [3.05, 3.63) is 35.9 Å². The van der Waals surface area contributed by atoms with E-state index in [0.29, 0.717) is 0 Å². The van der Waals surface area contributed by atoms with Crippen LogP contribution in [0, 0.1) is 0 Å². The molecule has 0 aliphatic heterocycles. The van der Waals surface area contributed by atoms with Gasteiger partial charge in [0.1, 0.15) is 18.7 Å². The quantitative estimate of drug-likeness (QED) is 0.551. The van der Waals surface area contributed by atoms with Gasteiger partial charge in [-0.1, -0.05) is 37.3 Å². The van der Waals surface area contributed by atoms with Gasteiger partial charge in [0.25, 0.3) is 0 Å². The number of ether oxygens (including phenoxy) is 1. The van der Waals surface area contributed by atoms with Crippen LogP contribution >= 0.6 is 0 Å². The topological polar surface area (TPSA) is 125 Å². The molecule has 2 amide bonds. The van der Waals surface area contributed by atoms with E-state index in [4.69, 9.17) is 9.84 Å². The summed E-state index contributed by atoms with van der Waals surface area (Å²) in [4.78, 5) is 34.8. The summed E-state index contributed by atoms with van der Waals surface area (Å²) >= 11 is 0. The first kappa shape index (κ1) is 19.4. The minimum Gasteiger partial charge on any atom is -0.480 e. The zero-order valence-electron chi connectivity index (χ0n) is 13.6. The minimum absolute atomic E-state index is 0.00747. The predicted octanol–water partition coefficient (Wildman–Crippen LogP) is 0.642. The second-order valence-electron chi connectivity index (χ2n) is 5.23. The van der Waals surface area contributed by atoms with Gasteiger partial charge in [0.05, 0.1) is 6.10 Å². The third-order valence-corrected chi connectivity index (χ3v) is 3.27. The van der Waals surface area contributed by atoms with Crippen molar-refractivity contribution >= 4 is 18.0 Å². The Morgan fingerprint density at radius 1 is 1.17 bits per heavy atom. The molecule has 0 aliphatic rings. The first-order chi connectivity index (χ1) is 11.3. The number of carboxylic acids is 1. The maximum Gasteiger partial charge on any atom is 0.408 e. The maximum absolute atomic E-state index is 12.1. The Morgan fingerprint density at radius 3 is 2.29 bits per heavy atom. The Bertz CT molecular complexity index is 561. The van der Waals surface area contributed by atoms with E-state index in [1.807, 2.05) is 6.07 Å². The highest BCUT2D eigenvalue weighted by atomic mass is 16.5. The number of carbonyl (C=O) groups is 3. The largest absolute Gasteiger partial charge is 0.480 e. The molecule has 0 spiro atoms. The molecule has 8 heteroatoms. The van der Waals surface area contributed by atoms with Gasteiger partial charge in [-0.2, -0.15) is 0 Å². The lowest BCUT2D eigenvalue weighted by Crippen LogP contribution is -2.55. The van der Waals surface area contributed by atoms with E-state index < -0.39 is 36.2 Å². The molecule has 0 fully saturated rings. The molecule has 1 rings (SSSR count).